The Balaban J connectivity index is 1.70. The van der Waals surface area contributed by atoms with E-state index in [1.165, 1.54) is 12.1 Å². The molecule has 0 unspecified atom stereocenters. The summed E-state index contributed by atoms with van der Waals surface area (Å²) < 4.78 is 54.7. The lowest BCUT2D eigenvalue weighted by atomic mass is 10.2. The Bertz CT molecular complexity index is 1090. The maximum absolute atomic E-state index is 12.3. The number of sulfonamides is 2. The first kappa shape index (κ1) is 18.3. The fraction of sp³-hybridized carbons (Fsp3) is 0.0625. The van der Waals surface area contributed by atoms with Crippen molar-refractivity contribution in [2.45, 2.75) is 16.3 Å². The highest BCUT2D eigenvalue weighted by Crippen LogP contribution is 2.18. The van der Waals surface area contributed by atoms with Gasteiger partial charge in [-0.2, -0.15) is 0 Å². The van der Waals surface area contributed by atoms with Crippen molar-refractivity contribution >= 4 is 20.0 Å². The van der Waals surface area contributed by atoms with E-state index in [0.717, 1.165) is 12.1 Å². The molecule has 0 bridgehead atoms. The van der Waals surface area contributed by atoms with Crippen molar-refractivity contribution in [1.29, 1.82) is 0 Å². The smallest absolute Gasteiger partial charge is 0.240 e. The van der Waals surface area contributed by atoms with Crippen LogP contribution < -0.4 is 9.86 Å². The van der Waals surface area contributed by atoms with E-state index in [0.29, 0.717) is 17.0 Å². The molecule has 10 heteroatoms. The first-order valence-corrected chi connectivity index (χ1v) is 10.4. The first-order chi connectivity index (χ1) is 12.3. The zero-order valence-corrected chi connectivity index (χ0v) is 15.0. The number of nitrogens with zero attached hydrogens (tertiary/aromatic N) is 1. The minimum absolute atomic E-state index is 0.0324. The predicted molar refractivity (Wildman–Crippen MR) is 93.8 cm³/mol. The molecule has 26 heavy (non-hydrogen) atoms. The minimum Gasteiger partial charge on any atom is -0.463 e. The van der Waals surface area contributed by atoms with E-state index in [2.05, 4.69) is 9.71 Å². The van der Waals surface area contributed by atoms with Crippen LogP contribution in [-0.2, 0) is 26.6 Å². The summed E-state index contributed by atoms with van der Waals surface area (Å²) in [6, 6.07) is 11.6. The number of nitrogens with two attached hydrogens (primary N) is 1. The van der Waals surface area contributed by atoms with E-state index in [1.54, 1.807) is 36.7 Å². The van der Waals surface area contributed by atoms with Crippen LogP contribution in [0, 0.1) is 0 Å². The quantitative estimate of drug-likeness (QED) is 0.652. The van der Waals surface area contributed by atoms with E-state index in [1.807, 2.05) is 0 Å². The summed E-state index contributed by atoms with van der Waals surface area (Å²) in [6.45, 7) is 0.0324. The third kappa shape index (κ3) is 4.17. The Labute approximate surface area is 150 Å². The molecule has 2 aromatic heterocycles. The molecule has 0 amide bonds. The van der Waals surface area contributed by atoms with Crippen molar-refractivity contribution in [1.82, 2.24) is 9.71 Å². The average molecular weight is 393 g/mol. The Morgan fingerprint density at radius 2 is 1.65 bits per heavy atom. The van der Waals surface area contributed by atoms with Gasteiger partial charge in [0.1, 0.15) is 5.69 Å². The van der Waals surface area contributed by atoms with Gasteiger partial charge in [0.2, 0.25) is 20.0 Å². The summed E-state index contributed by atoms with van der Waals surface area (Å²) in [5, 5.41) is 4.99. The molecule has 0 saturated carbocycles. The zero-order valence-electron chi connectivity index (χ0n) is 13.4. The number of nitrogens with one attached hydrogen (secondary N) is 1. The summed E-state index contributed by atoms with van der Waals surface area (Å²) in [5.41, 5.74) is 1.30. The Morgan fingerprint density at radius 1 is 0.962 bits per heavy atom. The van der Waals surface area contributed by atoms with Crippen LogP contribution in [0.25, 0.3) is 11.5 Å². The van der Waals surface area contributed by atoms with Crippen LogP contribution in [0.4, 0.5) is 0 Å². The highest BCUT2D eigenvalue weighted by atomic mass is 32.2. The summed E-state index contributed by atoms with van der Waals surface area (Å²) >= 11 is 0. The maximum Gasteiger partial charge on any atom is 0.240 e. The van der Waals surface area contributed by atoms with Gasteiger partial charge in [0.15, 0.2) is 5.76 Å². The van der Waals surface area contributed by atoms with Gasteiger partial charge >= 0.3 is 0 Å². The van der Waals surface area contributed by atoms with Crippen LogP contribution in [0.1, 0.15) is 5.56 Å². The highest BCUT2D eigenvalue weighted by Gasteiger charge is 2.15. The number of hydrogen-bond donors (Lipinski definition) is 2. The van der Waals surface area contributed by atoms with Crippen LogP contribution in [0.15, 0.2) is 75.2 Å². The Hall–Kier alpha value is -2.53. The van der Waals surface area contributed by atoms with Crippen molar-refractivity contribution in [2.24, 2.45) is 5.14 Å². The van der Waals surface area contributed by atoms with E-state index in [9.17, 15) is 16.8 Å². The summed E-state index contributed by atoms with van der Waals surface area (Å²) in [4.78, 5) is 4.00. The average Bonchev–Trinajstić information content (AvgIpc) is 3.14. The minimum atomic E-state index is -3.87. The van der Waals surface area contributed by atoms with Crippen molar-refractivity contribution in [3.63, 3.8) is 0 Å². The highest BCUT2D eigenvalue weighted by molar-refractivity contribution is 7.89. The van der Waals surface area contributed by atoms with E-state index >= 15 is 0 Å². The SMILES string of the molecule is NS(=O)(=O)c1ccc(S(=O)(=O)NCc2ccc(-c3ccco3)nc2)cc1. The fourth-order valence-electron chi connectivity index (χ4n) is 2.17. The standard InChI is InChI=1S/C16H15N3O5S2/c17-25(20,21)13-4-6-14(7-5-13)26(22,23)19-11-12-3-8-15(18-10-12)16-2-1-9-24-16/h1-10,19H,11H2,(H2,17,20,21). The molecule has 0 radical (unpaired) electrons. The van der Waals surface area contributed by atoms with Gasteiger partial charge in [-0.15, -0.1) is 0 Å². The molecule has 0 aliphatic rings. The lowest BCUT2D eigenvalue weighted by Crippen LogP contribution is -2.23. The van der Waals surface area contributed by atoms with Crippen LogP contribution >= 0.6 is 0 Å². The number of hydrogen-bond acceptors (Lipinski definition) is 6. The topological polar surface area (TPSA) is 132 Å². The number of pyridine rings is 1. The molecule has 0 aliphatic carbocycles. The van der Waals surface area contributed by atoms with Gasteiger partial charge in [-0.3, -0.25) is 4.98 Å². The molecule has 3 N–H and O–H groups in total. The third-order valence-electron chi connectivity index (χ3n) is 3.53. The lowest BCUT2D eigenvalue weighted by Gasteiger charge is -2.08. The third-order valence-corrected chi connectivity index (χ3v) is 5.87. The molecule has 0 atom stereocenters. The van der Waals surface area contributed by atoms with Crippen LogP contribution in [0.3, 0.4) is 0 Å². The second kappa shape index (κ2) is 7.00. The first-order valence-electron chi connectivity index (χ1n) is 7.37. The largest absolute Gasteiger partial charge is 0.463 e. The van der Waals surface area contributed by atoms with Crippen LogP contribution in [0.2, 0.25) is 0 Å². The zero-order chi connectivity index (χ0) is 18.8. The molecule has 0 spiro atoms. The predicted octanol–water partition coefficient (Wildman–Crippen LogP) is 1.47. The van der Waals surface area contributed by atoms with Gasteiger partial charge in [0.05, 0.1) is 16.1 Å². The molecule has 0 fully saturated rings. The van der Waals surface area contributed by atoms with Gasteiger partial charge in [0, 0.05) is 12.7 Å². The van der Waals surface area contributed by atoms with Gasteiger partial charge in [-0.1, -0.05) is 6.07 Å². The number of primary sulfonamides is 1. The second-order valence-corrected chi connectivity index (χ2v) is 8.70. The summed E-state index contributed by atoms with van der Waals surface area (Å²) in [5.74, 6) is 0.618. The molecule has 8 nitrogen and oxygen atoms in total. The number of aromatic nitrogens is 1. The molecule has 3 aromatic rings. The molecule has 136 valence electrons. The summed E-state index contributed by atoms with van der Waals surface area (Å²) in [7, 11) is -7.68. The van der Waals surface area contributed by atoms with Gasteiger partial charge in [0.25, 0.3) is 0 Å². The van der Waals surface area contributed by atoms with Crippen LogP contribution in [-0.4, -0.2) is 21.8 Å². The number of benzene rings is 1. The van der Waals surface area contributed by atoms with Crippen molar-refractivity contribution in [2.75, 3.05) is 0 Å². The van der Waals surface area contributed by atoms with Gasteiger partial charge in [-0.05, 0) is 48.0 Å². The van der Waals surface area contributed by atoms with Crippen molar-refractivity contribution in [3.8, 4) is 11.5 Å². The number of rotatable bonds is 6. The Kier molecular flexibility index (Phi) is 4.92. The molecule has 3 rings (SSSR count). The molecule has 1 aromatic carbocycles. The molecule has 0 aliphatic heterocycles. The molecule has 2 heterocycles. The normalized spacial score (nSPS) is 12.2. The molecular formula is C16H15N3O5S2. The molecule has 0 saturated heterocycles. The maximum atomic E-state index is 12.3. The van der Waals surface area contributed by atoms with Gasteiger partial charge in [-0.25, -0.2) is 26.7 Å². The van der Waals surface area contributed by atoms with Gasteiger partial charge < -0.3 is 4.42 Å². The summed E-state index contributed by atoms with van der Waals surface area (Å²) in [6.07, 6.45) is 3.09. The van der Waals surface area contributed by atoms with Crippen molar-refractivity contribution < 1.29 is 21.3 Å². The lowest BCUT2D eigenvalue weighted by molar-refractivity contribution is 0.578. The number of furan rings is 1. The van der Waals surface area contributed by atoms with E-state index in [4.69, 9.17) is 9.56 Å². The van der Waals surface area contributed by atoms with Crippen LogP contribution in [0.5, 0.6) is 0 Å². The fourth-order valence-corrected chi connectivity index (χ4v) is 3.70. The monoisotopic (exact) mass is 393 g/mol. The van der Waals surface area contributed by atoms with E-state index < -0.39 is 20.0 Å². The van der Waals surface area contributed by atoms with Crippen molar-refractivity contribution in [3.05, 3.63) is 66.6 Å². The Morgan fingerprint density at radius 3 is 2.19 bits per heavy atom. The van der Waals surface area contributed by atoms with E-state index in [-0.39, 0.29) is 16.3 Å². The molecular weight excluding hydrogens is 378 g/mol. The second-order valence-electron chi connectivity index (χ2n) is 5.37.